The SMILES string of the molecule is CC1=CC(C)C(C(C)OC2CCC3C(C)=CCC(C(C)C)=CC23)=CC2C(O)CCC12. The van der Waals surface area contributed by atoms with Crippen LogP contribution in [0.5, 0.6) is 0 Å². The zero-order chi connectivity index (χ0) is 21.6. The van der Waals surface area contributed by atoms with Crippen LogP contribution in [0.4, 0.5) is 0 Å². The number of aliphatic hydroxyl groups excluding tert-OH is 1. The number of fused-ring (bicyclic) bond motifs is 2. The molecule has 4 aliphatic carbocycles. The summed E-state index contributed by atoms with van der Waals surface area (Å²) in [6.07, 6.45) is 15.6. The molecule has 166 valence electrons. The van der Waals surface area contributed by atoms with Crippen molar-refractivity contribution in [3.8, 4) is 0 Å². The van der Waals surface area contributed by atoms with Crippen molar-refractivity contribution < 1.29 is 9.84 Å². The van der Waals surface area contributed by atoms with Crippen molar-refractivity contribution in [2.75, 3.05) is 0 Å². The van der Waals surface area contributed by atoms with Gasteiger partial charge in [-0.05, 0) is 82.1 Å². The molecule has 0 spiro atoms. The van der Waals surface area contributed by atoms with Crippen LogP contribution >= 0.6 is 0 Å². The highest BCUT2D eigenvalue weighted by atomic mass is 16.5. The molecule has 8 atom stereocenters. The summed E-state index contributed by atoms with van der Waals surface area (Å²) in [6, 6.07) is 0. The van der Waals surface area contributed by atoms with Gasteiger partial charge in [0.05, 0.1) is 18.3 Å². The minimum absolute atomic E-state index is 0.0998. The molecule has 0 aromatic carbocycles. The quantitative estimate of drug-likeness (QED) is 0.527. The largest absolute Gasteiger partial charge is 0.392 e. The summed E-state index contributed by atoms with van der Waals surface area (Å²) in [5.74, 6) is 2.90. The van der Waals surface area contributed by atoms with Crippen LogP contribution in [0.3, 0.4) is 0 Å². The van der Waals surface area contributed by atoms with Crippen molar-refractivity contribution in [2.24, 2.45) is 35.5 Å². The second kappa shape index (κ2) is 8.79. The molecule has 30 heavy (non-hydrogen) atoms. The van der Waals surface area contributed by atoms with E-state index in [0.29, 0.717) is 35.7 Å². The van der Waals surface area contributed by atoms with Gasteiger partial charge in [-0.3, -0.25) is 0 Å². The van der Waals surface area contributed by atoms with E-state index in [-0.39, 0.29) is 18.1 Å². The van der Waals surface area contributed by atoms with Gasteiger partial charge >= 0.3 is 0 Å². The van der Waals surface area contributed by atoms with E-state index >= 15 is 0 Å². The van der Waals surface area contributed by atoms with Gasteiger partial charge in [-0.2, -0.15) is 0 Å². The fourth-order valence-electron chi connectivity index (χ4n) is 6.67. The van der Waals surface area contributed by atoms with Crippen LogP contribution in [-0.2, 0) is 4.74 Å². The van der Waals surface area contributed by atoms with E-state index in [0.717, 1.165) is 25.7 Å². The minimum Gasteiger partial charge on any atom is -0.392 e. The number of hydrogen-bond donors (Lipinski definition) is 1. The van der Waals surface area contributed by atoms with E-state index in [2.05, 4.69) is 65.8 Å². The van der Waals surface area contributed by atoms with Crippen molar-refractivity contribution in [3.05, 3.63) is 46.6 Å². The Morgan fingerprint density at radius 1 is 0.900 bits per heavy atom. The first-order valence-corrected chi connectivity index (χ1v) is 12.4. The van der Waals surface area contributed by atoms with Crippen LogP contribution in [0.25, 0.3) is 0 Å². The fourth-order valence-corrected chi connectivity index (χ4v) is 6.67. The van der Waals surface area contributed by atoms with E-state index in [1.807, 2.05) is 0 Å². The first kappa shape index (κ1) is 22.1. The van der Waals surface area contributed by atoms with Gasteiger partial charge in [-0.25, -0.2) is 0 Å². The second-order valence-electron chi connectivity index (χ2n) is 10.8. The highest BCUT2D eigenvalue weighted by Crippen LogP contribution is 2.46. The average molecular weight is 411 g/mol. The Morgan fingerprint density at radius 2 is 1.60 bits per heavy atom. The molecular weight excluding hydrogens is 368 g/mol. The van der Waals surface area contributed by atoms with Gasteiger partial charge < -0.3 is 9.84 Å². The van der Waals surface area contributed by atoms with Gasteiger partial charge in [0, 0.05) is 11.8 Å². The molecule has 1 N–H and O–H groups in total. The van der Waals surface area contributed by atoms with Gasteiger partial charge in [0.2, 0.25) is 0 Å². The van der Waals surface area contributed by atoms with Crippen LogP contribution in [-0.4, -0.2) is 23.4 Å². The van der Waals surface area contributed by atoms with Crippen molar-refractivity contribution >= 4 is 0 Å². The van der Waals surface area contributed by atoms with Gasteiger partial charge in [0.25, 0.3) is 0 Å². The molecular formula is C28H42O2. The summed E-state index contributed by atoms with van der Waals surface area (Å²) in [7, 11) is 0. The Bertz CT molecular complexity index is 768. The third-order valence-electron chi connectivity index (χ3n) is 8.59. The average Bonchev–Trinajstić information content (AvgIpc) is 3.16. The number of allylic oxidation sites excluding steroid dienone is 5. The molecule has 0 heterocycles. The molecule has 0 aliphatic heterocycles. The third kappa shape index (κ3) is 4.15. The van der Waals surface area contributed by atoms with Crippen LogP contribution in [0.2, 0.25) is 0 Å². The summed E-state index contributed by atoms with van der Waals surface area (Å²) in [4.78, 5) is 0. The monoisotopic (exact) mass is 410 g/mol. The Labute approximate surface area is 184 Å². The maximum atomic E-state index is 10.6. The van der Waals surface area contributed by atoms with Crippen LogP contribution in [0.15, 0.2) is 46.6 Å². The molecule has 4 rings (SSSR count). The maximum Gasteiger partial charge on any atom is 0.0766 e. The summed E-state index contributed by atoms with van der Waals surface area (Å²) < 4.78 is 6.85. The zero-order valence-electron chi connectivity index (χ0n) is 19.9. The molecule has 8 unspecified atom stereocenters. The number of aliphatic hydroxyl groups is 1. The van der Waals surface area contributed by atoms with E-state index in [1.165, 1.54) is 17.6 Å². The lowest BCUT2D eigenvalue weighted by atomic mass is 9.87. The summed E-state index contributed by atoms with van der Waals surface area (Å²) in [5.41, 5.74) is 5.96. The minimum atomic E-state index is -0.201. The Hall–Kier alpha value is -1.12. The highest BCUT2D eigenvalue weighted by Gasteiger charge is 2.40. The number of hydrogen-bond acceptors (Lipinski definition) is 2. The molecule has 2 nitrogen and oxygen atoms in total. The smallest absolute Gasteiger partial charge is 0.0766 e. The molecule has 0 bridgehead atoms. The van der Waals surface area contributed by atoms with E-state index < -0.39 is 0 Å². The standard InChI is InChI=1S/C28H42O2/c1-16(2)21-8-7-17(3)22-10-12-28(26(22)14-21)30-20(6)24-15-25-23(9-11-27(25)29)18(4)13-19(24)5/h7,13-16,19-20,22-23,25-29H,8-12H2,1-6H3. The van der Waals surface area contributed by atoms with Crippen molar-refractivity contribution in [3.63, 3.8) is 0 Å². The van der Waals surface area contributed by atoms with Gasteiger partial charge in [-0.1, -0.05) is 61.8 Å². The second-order valence-corrected chi connectivity index (χ2v) is 10.8. The predicted molar refractivity (Wildman–Crippen MR) is 125 cm³/mol. The van der Waals surface area contributed by atoms with Crippen LogP contribution in [0.1, 0.15) is 73.6 Å². The van der Waals surface area contributed by atoms with Crippen molar-refractivity contribution in [2.45, 2.75) is 92.0 Å². The summed E-state index contributed by atoms with van der Waals surface area (Å²) in [6.45, 7) is 13.8. The van der Waals surface area contributed by atoms with Crippen molar-refractivity contribution in [1.29, 1.82) is 0 Å². The molecule has 2 saturated carbocycles. The van der Waals surface area contributed by atoms with E-state index in [9.17, 15) is 5.11 Å². The molecule has 2 heteroatoms. The van der Waals surface area contributed by atoms with Crippen molar-refractivity contribution in [1.82, 2.24) is 0 Å². The normalized spacial score (nSPS) is 39.9. The highest BCUT2D eigenvalue weighted by molar-refractivity contribution is 5.29. The first-order chi connectivity index (χ1) is 14.3. The lowest BCUT2D eigenvalue weighted by Gasteiger charge is -2.29. The topological polar surface area (TPSA) is 29.5 Å². The number of ether oxygens (including phenoxy) is 1. The Balaban J connectivity index is 1.56. The third-order valence-corrected chi connectivity index (χ3v) is 8.59. The van der Waals surface area contributed by atoms with Crippen LogP contribution < -0.4 is 0 Å². The van der Waals surface area contributed by atoms with E-state index in [1.54, 1.807) is 11.1 Å². The fraction of sp³-hybridized carbons (Fsp3) is 0.714. The Kier molecular flexibility index (Phi) is 6.47. The zero-order valence-corrected chi connectivity index (χ0v) is 19.9. The summed E-state index contributed by atoms with van der Waals surface area (Å²) >= 11 is 0. The maximum absolute atomic E-state index is 10.6. The molecule has 0 radical (unpaired) electrons. The molecule has 0 saturated heterocycles. The number of rotatable bonds is 4. The molecule has 0 aromatic heterocycles. The molecule has 4 aliphatic rings. The van der Waals surface area contributed by atoms with Gasteiger partial charge in [0.1, 0.15) is 0 Å². The van der Waals surface area contributed by atoms with Gasteiger partial charge in [-0.15, -0.1) is 0 Å². The molecule has 0 aromatic rings. The lowest BCUT2D eigenvalue weighted by molar-refractivity contribution is -0.00150. The van der Waals surface area contributed by atoms with E-state index in [4.69, 9.17) is 4.74 Å². The lowest BCUT2D eigenvalue weighted by Crippen LogP contribution is -2.28. The Morgan fingerprint density at radius 3 is 2.33 bits per heavy atom. The molecule has 2 fully saturated rings. The first-order valence-electron chi connectivity index (χ1n) is 12.4. The molecule has 0 amide bonds. The summed E-state index contributed by atoms with van der Waals surface area (Å²) in [5, 5.41) is 10.6. The van der Waals surface area contributed by atoms with Crippen LogP contribution in [0, 0.1) is 35.5 Å². The van der Waals surface area contributed by atoms with Gasteiger partial charge in [0.15, 0.2) is 0 Å². The predicted octanol–water partition coefficient (Wildman–Crippen LogP) is 6.63.